The highest BCUT2D eigenvalue weighted by atomic mass is 127. The van der Waals surface area contributed by atoms with E-state index in [-0.39, 0.29) is 24.8 Å². The summed E-state index contributed by atoms with van der Waals surface area (Å²) in [6.45, 7) is 7.20. The van der Waals surface area contributed by atoms with Crippen molar-refractivity contribution in [2.45, 2.75) is 71.6 Å². The molecule has 3 N–H and O–H groups in total. The van der Waals surface area contributed by atoms with Crippen LogP contribution in [0.5, 0.6) is 0 Å². The first-order valence-corrected chi connectivity index (χ1v) is 13.1. The van der Waals surface area contributed by atoms with Crippen LogP contribution in [-0.4, -0.2) is 43.9 Å². The smallest absolute Gasteiger partial charge is 0.351 e. The summed E-state index contributed by atoms with van der Waals surface area (Å²) in [7, 11) is -3.25. The quantitative estimate of drug-likeness (QED) is 0.310. The van der Waals surface area contributed by atoms with Crippen molar-refractivity contribution in [2.75, 3.05) is 16.8 Å². The Hall–Kier alpha value is -0.620. The molecule has 1 aliphatic rings. The van der Waals surface area contributed by atoms with Crippen molar-refractivity contribution in [3.8, 4) is 0 Å². The summed E-state index contributed by atoms with van der Waals surface area (Å²) < 4.78 is 48.7. The number of aromatic nitrogens is 2. The van der Waals surface area contributed by atoms with Crippen LogP contribution in [0.25, 0.3) is 0 Å². The van der Waals surface area contributed by atoms with Crippen LogP contribution in [0.15, 0.2) is 11.0 Å². The zero-order chi connectivity index (χ0) is 22.8. The van der Waals surface area contributed by atoms with Gasteiger partial charge in [0, 0.05) is 12.6 Å². The van der Waals surface area contributed by atoms with Gasteiger partial charge in [0.1, 0.15) is 6.17 Å². The minimum atomic E-state index is -3.25. The van der Waals surface area contributed by atoms with Gasteiger partial charge in [-0.25, -0.2) is 13.6 Å². The lowest BCUT2D eigenvalue weighted by atomic mass is 10.2. The number of anilines is 1. The Morgan fingerprint density at radius 3 is 2.52 bits per heavy atom. The molecule has 0 spiro atoms. The summed E-state index contributed by atoms with van der Waals surface area (Å²) in [5.41, 5.74) is 4.33. The molecule has 2 rings (SSSR count). The van der Waals surface area contributed by atoms with E-state index in [1.54, 1.807) is 13.8 Å². The van der Waals surface area contributed by atoms with Gasteiger partial charge in [0.25, 0.3) is 0 Å². The van der Waals surface area contributed by atoms with E-state index in [1.165, 1.54) is 0 Å². The van der Waals surface area contributed by atoms with Gasteiger partial charge in [0.2, 0.25) is 0 Å². The number of hydrogen-bond acceptors (Lipinski definition) is 6. The van der Waals surface area contributed by atoms with E-state index in [0.29, 0.717) is 12.8 Å². The summed E-state index contributed by atoms with van der Waals surface area (Å²) in [5, 5.41) is 0. The first kappa shape index (κ1) is 28.4. The molecule has 0 aromatic carbocycles. The first-order chi connectivity index (χ1) is 13.5. The van der Waals surface area contributed by atoms with Crippen molar-refractivity contribution in [1.29, 1.82) is 0 Å². The van der Waals surface area contributed by atoms with Crippen LogP contribution in [0, 0.1) is 5.82 Å². The molecule has 4 unspecified atom stereocenters. The molecule has 0 amide bonds. The summed E-state index contributed by atoms with van der Waals surface area (Å²) in [6, 6.07) is 0. The lowest BCUT2D eigenvalue weighted by molar-refractivity contribution is -0.0227. The number of halogens is 3. The third-order valence-electron chi connectivity index (χ3n) is 3.67. The van der Waals surface area contributed by atoms with Crippen molar-refractivity contribution >= 4 is 36.0 Å². The highest BCUT2D eigenvalue weighted by Crippen LogP contribution is 2.43. The normalized spacial score (nSPS) is 22.9. The molecule has 0 bridgehead atoms. The molecular formula is C17H31F2IN3O5P. The molecule has 2 heterocycles. The Balaban J connectivity index is 0.000000563. The summed E-state index contributed by atoms with van der Waals surface area (Å²) in [4.78, 5) is 25.7. The lowest BCUT2D eigenvalue weighted by Gasteiger charge is -2.16. The largest absolute Gasteiger partial charge is 0.381 e. The second kappa shape index (κ2) is 13.6. The number of nitrogen functional groups attached to an aromatic ring is 1. The standard InChI is InChI=1S/C10H13F2N3O2.C6H15O3P.CH3I/c1-2-5-3-6(11)9(17-5)15-4-7(12)8(13)14-10(15)16;1-4-5-10(7,8)9-6(2)3;1-2/h4-6,9H,2-3H2,1H3,(H2,13,14,16);6H,4-5H2,1-3H3,(H,7,8);1H3. The lowest BCUT2D eigenvalue weighted by Crippen LogP contribution is -2.31. The van der Waals surface area contributed by atoms with E-state index in [1.807, 2.05) is 18.8 Å². The maximum absolute atomic E-state index is 13.7. The van der Waals surface area contributed by atoms with E-state index in [9.17, 15) is 18.1 Å². The fraction of sp³-hybridized carbons (Fsp3) is 0.765. The van der Waals surface area contributed by atoms with E-state index in [2.05, 4.69) is 27.6 Å². The number of nitrogens with zero attached hydrogens (tertiary/aromatic N) is 2. The van der Waals surface area contributed by atoms with Crippen LogP contribution in [0.2, 0.25) is 0 Å². The van der Waals surface area contributed by atoms with Gasteiger partial charge in [-0.15, -0.1) is 0 Å². The SMILES string of the molecule is CCC1CC(F)C(n2cc(F)c(N)nc2=O)O1.CCCP(=O)(O)OC(C)C.CI. The van der Waals surface area contributed by atoms with Gasteiger partial charge >= 0.3 is 13.3 Å². The number of ether oxygens (including phenoxy) is 1. The molecule has 29 heavy (non-hydrogen) atoms. The van der Waals surface area contributed by atoms with Crippen molar-refractivity contribution < 1.29 is 27.5 Å². The first-order valence-electron chi connectivity index (χ1n) is 9.22. The van der Waals surface area contributed by atoms with E-state index in [4.69, 9.17) is 19.9 Å². The van der Waals surface area contributed by atoms with Gasteiger partial charge in [-0.3, -0.25) is 9.13 Å². The number of rotatable bonds is 6. The van der Waals surface area contributed by atoms with Crippen molar-refractivity contribution in [1.82, 2.24) is 9.55 Å². The second-order valence-electron chi connectivity index (χ2n) is 6.49. The number of hydrogen-bond donors (Lipinski definition) is 2. The van der Waals surface area contributed by atoms with Crippen molar-refractivity contribution in [3.05, 3.63) is 22.5 Å². The minimum absolute atomic E-state index is 0.164. The molecule has 1 saturated heterocycles. The molecule has 1 fully saturated rings. The molecule has 0 aliphatic carbocycles. The predicted octanol–water partition coefficient (Wildman–Crippen LogP) is 4.06. The molecule has 4 atom stereocenters. The Kier molecular flexibility index (Phi) is 13.3. The fourth-order valence-electron chi connectivity index (χ4n) is 2.51. The molecule has 1 aromatic heterocycles. The van der Waals surface area contributed by atoms with Crippen molar-refractivity contribution in [2.24, 2.45) is 0 Å². The average Bonchev–Trinajstić information content (AvgIpc) is 3.00. The molecule has 0 radical (unpaired) electrons. The summed E-state index contributed by atoms with van der Waals surface area (Å²) in [5.74, 6) is -1.35. The van der Waals surface area contributed by atoms with Crippen LogP contribution in [0.3, 0.4) is 0 Å². The van der Waals surface area contributed by atoms with Gasteiger partial charge in [0.05, 0.1) is 18.4 Å². The molecule has 170 valence electrons. The van der Waals surface area contributed by atoms with E-state index >= 15 is 0 Å². The Labute approximate surface area is 183 Å². The summed E-state index contributed by atoms with van der Waals surface area (Å²) >= 11 is 2.15. The van der Waals surface area contributed by atoms with Crippen LogP contribution < -0.4 is 11.4 Å². The molecule has 8 nitrogen and oxygen atoms in total. The van der Waals surface area contributed by atoms with Gasteiger partial charge < -0.3 is 19.9 Å². The maximum Gasteiger partial charge on any atom is 0.351 e. The van der Waals surface area contributed by atoms with Gasteiger partial charge in [-0.1, -0.05) is 36.4 Å². The topological polar surface area (TPSA) is 117 Å². The van der Waals surface area contributed by atoms with E-state index < -0.39 is 37.3 Å². The summed E-state index contributed by atoms with van der Waals surface area (Å²) in [6.07, 6.45) is -0.288. The van der Waals surface area contributed by atoms with Gasteiger partial charge in [-0.05, 0) is 31.6 Å². The Morgan fingerprint density at radius 1 is 1.48 bits per heavy atom. The van der Waals surface area contributed by atoms with Crippen LogP contribution in [0.4, 0.5) is 14.6 Å². The second-order valence-corrected chi connectivity index (χ2v) is 8.42. The average molecular weight is 553 g/mol. The third-order valence-corrected chi connectivity index (χ3v) is 5.44. The molecule has 0 saturated carbocycles. The number of nitrogens with two attached hydrogens (primary N) is 1. The minimum Gasteiger partial charge on any atom is -0.381 e. The zero-order valence-electron chi connectivity index (χ0n) is 17.3. The van der Waals surface area contributed by atoms with Gasteiger partial charge in [0.15, 0.2) is 17.9 Å². The highest BCUT2D eigenvalue weighted by Gasteiger charge is 2.36. The van der Waals surface area contributed by atoms with Crippen LogP contribution in [0.1, 0.15) is 53.2 Å². The molecule has 1 aliphatic heterocycles. The molecular weight excluding hydrogens is 522 g/mol. The highest BCUT2D eigenvalue weighted by molar-refractivity contribution is 14.1. The fourth-order valence-corrected chi connectivity index (χ4v) is 3.84. The van der Waals surface area contributed by atoms with Crippen LogP contribution in [-0.2, 0) is 13.8 Å². The monoisotopic (exact) mass is 553 g/mol. The van der Waals surface area contributed by atoms with E-state index in [0.717, 1.165) is 10.8 Å². The maximum atomic E-state index is 13.7. The zero-order valence-corrected chi connectivity index (χ0v) is 20.4. The van der Waals surface area contributed by atoms with Gasteiger partial charge in [-0.2, -0.15) is 4.98 Å². The van der Waals surface area contributed by atoms with Crippen molar-refractivity contribution in [3.63, 3.8) is 0 Å². The molecule has 12 heteroatoms. The Morgan fingerprint density at radius 2 is 2.07 bits per heavy atom. The third kappa shape index (κ3) is 9.82. The Bertz CT molecular complexity index is 723. The van der Waals surface area contributed by atoms with Crippen LogP contribution >= 0.6 is 30.2 Å². The number of alkyl halides is 2. The predicted molar refractivity (Wildman–Crippen MR) is 118 cm³/mol. The molecule has 1 aromatic rings.